The third-order valence-electron chi connectivity index (χ3n) is 5.48. The fraction of sp³-hybridized carbons (Fsp3) is 0.357. The van der Waals surface area contributed by atoms with Crippen LogP contribution in [0, 0.1) is 0 Å². The van der Waals surface area contributed by atoms with E-state index < -0.39 is 17.9 Å². The first-order valence-corrected chi connectivity index (χ1v) is 12.3. The van der Waals surface area contributed by atoms with Crippen molar-refractivity contribution in [1.82, 2.24) is 4.98 Å². The normalized spacial score (nSPS) is 13.5. The third-order valence-corrected chi connectivity index (χ3v) is 5.70. The smallest absolute Gasteiger partial charge is 0.456 e. The van der Waals surface area contributed by atoms with Crippen LogP contribution >= 0.6 is 11.6 Å². The average Bonchev–Trinajstić information content (AvgIpc) is 2.81. The van der Waals surface area contributed by atoms with E-state index in [-0.39, 0.29) is 17.7 Å². The van der Waals surface area contributed by atoms with Crippen LogP contribution in [0.3, 0.4) is 0 Å². The Kier molecular flexibility index (Phi) is 9.07. The van der Waals surface area contributed by atoms with Gasteiger partial charge in [-0.15, -0.1) is 13.2 Å². The molecule has 0 aliphatic heterocycles. The zero-order chi connectivity index (χ0) is 27.2. The zero-order valence-electron chi connectivity index (χ0n) is 21.1. The molecule has 2 unspecified atom stereocenters. The minimum absolute atomic E-state index is 0.0930. The van der Waals surface area contributed by atoms with E-state index in [0.717, 1.165) is 24.0 Å². The monoisotopic (exact) mass is 534 g/mol. The summed E-state index contributed by atoms with van der Waals surface area (Å²) in [7, 11) is 0. The van der Waals surface area contributed by atoms with Gasteiger partial charge >= 0.3 is 12.3 Å². The van der Waals surface area contributed by atoms with Crippen molar-refractivity contribution in [3.63, 3.8) is 0 Å². The van der Waals surface area contributed by atoms with Crippen molar-refractivity contribution >= 4 is 23.4 Å². The molecule has 0 radical (unpaired) electrons. The first kappa shape index (κ1) is 28.3. The number of carbonyl (C=O) groups is 1. The number of pyridine rings is 1. The van der Waals surface area contributed by atoms with E-state index in [2.05, 4.69) is 22.0 Å². The van der Waals surface area contributed by atoms with Gasteiger partial charge in [0.25, 0.3) is 0 Å². The number of ether oxygens (including phenoxy) is 2. The molecule has 0 aliphatic carbocycles. The Morgan fingerprint density at radius 2 is 1.59 bits per heavy atom. The lowest BCUT2D eigenvalue weighted by atomic mass is 9.83. The molecule has 1 heterocycles. The maximum Gasteiger partial charge on any atom is 0.573 e. The van der Waals surface area contributed by atoms with Gasteiger partial charge in [0.2, 0.25) is 0 Å². The van der Waals surface area contributed by atoms with Gasteiger partial charge in [0, 0.05) is 12.1 Å². The quantitative estimate of drug-likeness (QED) is 0.280. The number of nitrogens with one attached hydrogen (secondary N) is 1. The van der Waals surface area contributed by atoms with Crippen LogP contribution in [-0.4, -0.2) is 22.9 Å². The van der Waals surface area contributed by atoms with E-state index in [1.165, 1.54) is 18.3 Å². The van der Waals surface area contributed by atoms with Gasteiger partial charge in [-0.05, 0) is 74.7 Å². The molecule has 0 bridgehead atoms. The van der Waals surface area contributed by atoms with Crippen LogP contribution in [0.25, 0.3) is 0 Å². The van der Waals surface area contributed by atoms with E-state index in [1.807, 2.05) is 32.9 Å². The van der Waals surface area contributed by atoms with E-state index in [9.17, 15) is 18.0 Å². The summed E-state index contributed by atoms with van der Waals surface area (Å²) in [5.74, 6) is -0.235. The first-order chi connectivity index (χ1) is 17.3. The van der Waals surface area contributed by atoms with Gasteiger partial charge in [0.05, 0.1) is 16.6 Å². The maximum absolute atomic E-state index is 12.7. The number of hydrogen-bond donors (Lipinski definition) is 1. The molecule has 1 N–H and O–H groups in total. The summed E-state index contributed by atoms with van der Waals surface area (Å²) in [6, 6.07) is 16.1. The number of alkyl halides is 3. The predicted octanol–water partition coefficient (Wildman–Crippen LogP) is 8.33. The number of benzene rings is 2. The van der Waals surface area contributed by atoms with Gasteiger partial charge in [-0.25, -0.2) is 9.78 Å². The van der Waals surface area contributed by atoms with E-state index in [0.29, 0.717) is 16.4 Å². The molecular weight excluding hydrogens is 505 g/mol. The lowest BCUT2D eigenvalue weighted by Gasteiger charge is -2.30. The molecule has 0 spiro atoms. The number of aromatic nitrogens is 1. The summed E-state index contributed by atoms with van der Waals surface area (Å²) >= 11 is 5.99. The van der Waals surface area contributed by atoms with Gasteiger partial charge < -0.3 is 14.8 Å². The summed E-state index contributed by atoms with van der Waals surface area (Å²) < 4.78 is 47.5. The number of nitrogens with zero attached hydrogens (tertiary/aromatic N) is 1. The highest BCUT2D eigenvalue weighted by atomic mass is 35.5. The van der Waals surface area contributed by atoms with Crippen molar-refractivity contribution in [3.05, 3.63) is 88.6 Å². The van der Waals surface area contributed by atoms with Crippen molar-refractivity contribution in [1.29, 1.82) is 0 Å². The second-order valence-electron chi connectivity index (χ2n) is 9.62. The standard InChI is InChI=1S/C28H30ClF3N2O3/c1-5-6-23(18-7-9-20(10-8-18)26(35)37-27(2,3)4)25(34-24-16-13-21(29)17-33-24)19-11-14-22(15-12-19)36-28(30,31)32/h7-17,23,25H,5-6H2,1-4H3,(H,33,34). The van der Waals surface area contributed by atoms with Crippen LogP contribution in [0.5, 0.6) is 5.75 Å². The third kappa shape index (κ3) is 8.67. The summed E-state index contributed by atoms with van der Waals surface area (Å²) in [6.45, 7) is 7.48. The summed E-state index contributed by atoms with van der Waals surface area (Å²) in [5, 5.41) is 3.90. The van der Waals surface area contributed by atoms with Gasteiger partial charge in [-0.3, -0.25) is 0 Å². The Hall–Kier alpha value is -3.26. The first-order valence-electron chi connectivity index (χ1n) is 11.9. The highest BCUT2D eigenvalue weighted by Crippen LogP contribution is 2.38. The Bertz CT molecular complexity index is 1160. The molecule has 0 saturated heterocycles. The number of halogens is 4. The van der Waals surface area contributed by atoms with Gasteiger partial charge in [0.15, 0.2) is 0 Å². The van der Waals surface area contributed by atoms with Crippen LogP contribution in [0.1, 0.15) is 74.0 Å². The Labute approximate surface area is 220 Å². The molecule has 198 valence electrons. The maximum atomic E-state index is 12.7. The Morgan fingerprint density at radius 1 is 0.973 bits per heavy atom. The van der Waals surface area contributed by atoms with Crippen molar-refractivity contribution in [3.8, 4) is 5.75 Å². The minimum Gasteiger partial charge on any atom is -0.456 e. The molecule has 9 heteroatoms. The number of esters is 1. The molecule has 0 amide bonds. The van der Waals surface area contributed by atoms with Crippen LogP contribution in [0.15, 0.2) is 66.9 Å². The van der Waals surface area contributed by atoms with Gasteiger partial charge in [-0.2, -0.15) is 0 Å². The molecular formula is C28H30ClF3N2O3. The summed E-state index contributed by atoms with van der Waals surface area (Å²) in [4.78, 5) is 16.8. The topological polar surface area (TPSA) is 60.5 Å². The fourth-order valence-corrected chi connectivity index (χ4v) is 4.07. The Morgan fingerprint density at radius 3 is 2.11 bits per heavy atom. The molecule has 2 atom stereocenters. The van der Waals surface area contributed by atoms with Crippen molar-refractivity contribution < 1.29 is 27.4 Å². The average molecular weight is 535 g/mol. The second kappa shape index (κ2) is 11.9. The summed E-state index contributed by atoms with van der Waals surface area (Å²) in [6.07, 6.45) is -1.64. The fourth-order valence-electron chi connectivity index (χ4n) is 3.95. The van der Waals surface area contributed by atoms with Crippen molar-refractivity contribution in [2.24, 2.45) is 0 Å². The summed E-state index contributed by atoms with van der Waals surface area (Å²) in [5.41, 5.74) is 1.53. The Balaban J connectivity index is 1.96. The van der Waals surface area contributed by atoms with Gasteiger partial charge in [-0.1, -0.05) is 49.2 Å². The van der Waals surface area contributed by atoms with Crippen LogP contribution < -0.4 is 10.1 Å². The van der Waals surface area contributed by atoms with Crippen LogP contribution in [-0.2, 0) is 4.74 Å². The molecule has 1 aromatic heterocycles. The predicted molar refractivity (Wildman–Crippen MR) is 138 cm³/mol. The molecule has 2 aromatic carbocycles. The number of hydrogen-bond acceptors (Lipinski definition) is 5. The highest BCUT2D eigenvalue weighted by Gasteiger charge is 2.31. The molecule has 0 fully saturated rings. The van der Waals surface area contributed by atoms with Crippen LogP contribution in [0.4, 0.5) is 19.0 Å². The van der Waals surface area contributed by atoms with E-state index in [1.54, 1.807) is 36.4 Å². The lowest BCUT2D eigenvalue weighted by Crippen LogP contribution is -2.24. The lowest BCUT2D eigenvalue weighted by molar-refractivity contribution is -0.274. The number of anilines is 1. The molecule has 3 aromatic rings. The minimum atomic E-state index is -4.77. The zero-order valence-corrected chi connectivity index (χ0v) is 21.9. The molecule has 5 nitrogen and oxygen atoms in total. The van der Waals surface area contributed by atoms with Crippen LogP contribution in [0.2, 0.25) is 5.02 Å². The second-order valence-corrected chi connectivity index (χ2v) is 10.1. The van der Waals surface area contributed by atoms with E-state index >= 15 is 0 Å². The molecule has 3 rings (SSSR count). The van der Waals surface area contributed by atoms with Gasteiger partial charge in [0.1, 0.15) is 17.2 Å². The largest absolute Gasteiger partial charge is 0.573 e. The molecule has 37 heavy (non-hydrogen) atoms. The number of carbonyl (C=O) groups excluding carboxylic acids is 1. The highest BCUT2D eigenvalue weighted by molar-refractivity contribution is 6.30. The molecule has 0 aliphatic rings. The van der Waals surface area contributed by atoms with Crippen molar-refractivity contribution in [2.45, 2.75) is 64.5 Å². The van der Waals surface area contributed by atoms with Crippen molar-refractivity contribution in [2.75, 3.05) is 5.32 Å². The van der Waals surface area contributed by atoms with E-state index in [4.69, 9.17) is 16.3 Å². The molecule has 0 saturated carbocycles. The SMILES string of the molecule is CCCC(c1ccc(C(=O)OC(C)(C)C)cc1)C(Nc1ccc(Cl)cn1)c1ccc(OC(F)(F)F)cc1. The number of rotatable bonds is 9.